The van der Waals surface area contributed by atoms with E-state index < -0.39 is 0 Å². The number of hydrogen-bond donors (Lipinski definition) is 2. The standard InChI is InChI=1S/C16H13BrN2O/c1-10-7-16(19-12-3-2-4-13(20)9-12)14-8-11(17)5-6-15(14)18-10/h2-9,20H,1H3,(H,18,19)/p+1. The summed E-state index contributed by atoms with van der Waals surface area (Å²) in [5.41, 5.74) is 4.00. The van der Waals surface area contributed by atoms with Crippen LogP contribution in [0.15, 0.2) is 53.0 Å². The van der Waals surface area contributed by atoms with Gasteiger partial charge in [0.15, 0.2) is 5.69 Å². The lowest BCUT2D eigenvalue weighted by molar-refractivity contribution is -0.354. The third-order valence-corrected chi connectivity index (χ3v) is 3.58. The minimum absolute atomic E-state index is 0.250. The molecule has 0 aliphatic rings. The molecule has 3 rings (SSSR count). The molecule has 0 saturated heterocycles. The highest BCUT2D eigenvalue weighted by molar-refractivity contribution is 9.10. The highest BCUT2D eigenvalue weighted by Gasteiger charge is 2.10. The van der Waals surface area contributed by atoms with Gasteiger partial charge in [0, 0.05) is 35.3 Å². The molecule has 0 atom stereocenters. The maximum absolute atomic E-state index is 9.55. The minimum atomic E-state index is 0.250. The fourth-order valence-electron chi connectivity index (χ4n) is 2.23. The fourth-order valence-corrected chi connectivity index (χ4v) is 2.59. The largest absolute Gasteiger partial charge is 0.508 e. The molecular weight excluding hydrogens is 316 g/mol. The predicted octanol–water partition coefficient (Wildman–Crippen LogP) is 4.17. The number of benzene rings is 2. The van der Waals surface area contributed by atoms with E-state index in [1.807, 2.05) is 31.2 Å². The Morgan fingerprint density at radius 1 is 1.10 bits per heavy atom. The zero-order valence-corrected chi connectivity index (χ0v) is 12.5. The van der Waals surface area contributed by atoms with Crippen molar-refractivity contribution >= 4 is 38.2 Å². The van der Waals surface area contributed by atoms with Crippen molar-refractivity contribution in [2.24, 2.45) is 0 Å². The number of rotatable bonds is 2. The van der Waals surface area contributed by atoms with Gasteiger partial charge in [-0.1, -0.05) is 22.0 Å². The Balaban J connectivity index is 2.12. The lowest BCUT2D eigenvalue weighted by atomic mass is 10.1. The molecule has 0 radical (unpaired) electrons. The number of H-pyrrole nitrogens is 1. The number of aromatic hydroxyl groups is 1. The van der Waals surface area contributed by atoms with Gasteiger partial charge in [0.25, 0.3) is 0 Å². The monoisotopic (exact) mass is 329 g/mol. The maximum atomic E-state index is 9.55. The van der Waals surface area contributed by atoms with Crippen molar-refractivity contribution in [1.82, 2.24) is 0 Å². The average Bonchev–Trinajstić information content (AvgIpc) is 2.39. The molecule has 0 bridgehead atoms. The lowest BCUT2D eigenvalue weighted by Crippen LogP contribution is -2.09. The van der Waals surface area contributed by atoms with Crippen LogP contribution in [-0.2, 0) is 0 Å². The first-order valence-electron chi connectivity index (χ1n) is 6.30. The molecular formula is C16H14BrN2O+. The summed E-state index contributed by atoms with van der Waals surface area (Å²) in [5.74, 6) is 0.250. The maximum Gasteiger partial charge on any atom is 0.213 e. The molecule has 1 aromatic heterocycles. The Hall–Kier alpha value is -2.07. The summed E-state index contributed by atoms with van der Waals surface area (Å²) in [6.45, 7) is 2.02. The van der Waals surface area contributed by atoms with Gasteiger partial charge in [0.1, 0.15) is 5.75 Å². The van der Waals surface area contributed by atoms with Gasteiger partial charge >= 0.3 is 0 Å². The summed E-state index contributed by atoms with van der Waals surface area (Å²) in [4.78, 5) is 3.34. The molecule has 0 unspecified atom stereocenters. The molecule has 1 heterocycles. The number of fused-ring (bicyclic) bond motifs is 1. The van der Waals surface area contributed by atoms with Gasteiger partial charge in [0.05, 0.1) is 11.1 Å². The van der Waals surface area contributed by atoms with Crippen LogP contribution in [0.2, 0.25) is 0 Å². The number of phenolic OH excluding ortho intramolecular Hbond substituents is 1. The van der Waals surface area contributed by atoms with E-state index in [0.717, 1.165) is 32.4 Å². The normalized spacial score (nSPS) is 10.7. The van der Waals surface area contributed by atoms with Crippen LogP contribution in [0.4, 0.5) is 11.4 Å². The molecule has 3 aromatic rings. The van der Waals surface area contributed by atoms with Gasteiger partial charge in [0.2, 0.25) is 5.52 Å². The first-order valence-corrected chi connectivity index (χ1v) is 7.09. The van der Waals surface area contributed by atoms with E-state index >= 15 is 0 Å². The Labute approximate surface area is 125 Å². The summed E-state index contributed by atoms with van der Waals surface area (Å²) in [5, 5.41) is 14.0. The zero-order valence-electron chi connectivity index (χ0n) is 10.9. The summed E-state index contributed by atoms with van der Waals surface area (Å²) < 4.78 is 1.03. The van der Waals surface area contributed by atoms with E-state index in [-0.39, 0.29) is 5.75 Å². The molecule has 3 nitrogen and oxygen atoms in total. The first kappa shape index (κ1) is 12.9. The SMILES string of the molecule is Cc1cc(Nc2cccc(O)c2)c2cc(Br)ccc2[nH+]1. The highest BCUT2D eigenvalue weighted by Crippen LogP contribution is 2.28. The molecule has 0 aliphatic heterocycles. The number of aromatic amines is 1. The number of aromatic nitrogens is 1. The van der Waals surface area contributed by atoms with Crippen molar-refractivity contribution in [1.29, 1.82) is 0 Å². The summed E-state index contributed by atoms with van der Waals surface area (Å²) in [6.07, 6.45) is 0. The Bertz CT molecular complexity index is 787. The van der Waals surface area contributed by atoms with Gasteiger partial charge < -0.3 is 10.4 Å². The van der Waals surface area contributed by atoms with Crippen molar-refractivity contribution in [2.45, 2.75) is 6.92 Å². The number of anilines is 2. The van der Waals surface area contributed by atoms with Gasteiger partial charge in [-0.25, -0.2) is 4.98 Å². The second-order valence-electron chi connectivity index (χ2n) is 4.73. The second kappa shape index (κ2) is 5.13. The predicted molar refractivity (Wildman–Crippen MR) is 84.3 cm³/mol. The Morgan fingerprint density at radius 2 is 1.95 bits per heavy atom. The number of phenols is 1. The lowest BCUT2D eigenvalue weighted by Gasteiger charge is -2.09. The highest BCUT2D eigenvalue weighted by atomic mass is 79.9. The smallest absolute Gasteiger partial charge is 0.213 e. The van der Waals surface area contributed by atoms with Gasteiger partial charge in [-0.2, -0.15) is 0 Å². The number of halogens is 1. The third kappa shape index (κ3) is 2.60. The molecule has 0 aliphatic carbocycles. The molecule has 20 heavy (non-hydrogen) atoms. The summed E-state index contributed by atoms with van der Waals surface area (Å²) >= 11 is 3.50. The molecule has 0 fully saturated rings. The van der Waals surface area contributed by atoms with Crippen molar-refractivity contribution in [2.75, 3.05) is 5.32 Å². The van der Waals surface area contributed by atoms with Gasteiger partial charge in [-0.15, -0.1) is 0 Å². The Kier molecular flexibility index (Phi) is 3.32. The summed E-state index contributed by atoms with van der Waals surface area (Å²) in [7, 11) is 0. The van der Waals surface area contributed by atoms with Crippen molar-refractivity contribution < 1.29 is 10.1 Å². The van der Waals surface area contributed by atoms with Crippen molar-refractivity contribution in [3.8, 4) is 5.75 Å². The summed E-state index contributed by atoms with van der Waals surface area (Å²) in [6, 6.07) is 15.3. The second-order valence-corrected chi connectivity index (χ2v) is 5.65. The van der Waals surface area contributed by atoms with Crippen LogP contribution >= 0.6 is 15.9 Å². The number of aryl methyl sites for hydroxylation is 1. The topological polar surface area (TPSA) is 46.4 Å². The van der Waals surface area contributed by atoms with E-state index in [4.69, 9.17) is 0 Å². The van der Waals surface area contributed by atoms with Crippen LogP contribution in [0.1, 0.15) is 5.69 Å². The fraction of sp³-hybridized carbons (Fsp3) is 0.0625. The van der Waals surface area contributed by atoms with Crippen LogP contribution in [0.25, 0.3) is 10.9 Å². The third-order valence-electron chi connectivity index (χ3n) is 3.09. The van der Waals surface area contributed by atoms with E-state index in [1.54, 1.807) is 12.1 Å². The van der Waals surface area contributed by atoms with Crippen LogP contribution in [0, 0.1) is 6.92 Å². The van der Waals surface area contributed by atoms with Crippen LogP contribution in [0.5, 0.6) is 5.75 Å². The van der Waals surface area contributed by atoms with Crippen LogP contribution in [-0.4, -0.2) is 5.11 Å². The number of pyridine rings is 1. The minimum Gasteiger partial charge on any atom is -0.508 e. The van der Waals surface area contributed by atoms with E-state index in [1.165, 1.54) is 0 Å². The van der Waals surface area contributed by atoms with Gasteiger partial charge in [-0.05, 0) is 24.3 Å². The van der Waals surface area contributed by atoms with E-state index in [2.05, 4.69) is 38.4 Å². The molecule has 100 valence electrons. The molecule has 0 saturated carbocycles. The molecule has 4 heteroatoms. The number of nitrogens with one attached hydrogen (secondary N) is 2. The van der Waals surface area contributed by atoms with Crippen LogP contribution < -0.4 is 10.3 Å². The van der Waals surface area contributed by atoms with Gasteiger partial charge in [-0.3, -0.25) is 0 Å². The number of hydrogen-bond acceptors (Lipinski definition) is 2. The molecule has 2 aromatic carbocycles. The molecule has 0 amide bonds. The van der Waals surface area contributed by atoms with Crippen molar-refractivity contribution in [3.05, 3.63) is 58.7 Å². The van der Waals surface area contributed by atoms with E-state index in [9.17, 15) is 5.11 Å². The molecule has 0 spiro atoms. The quantitative estimate of drug-likeness (QED) is 0.741. The average molecular weight is 330 g/mol. The van der Waals surface area contributed by atoms with E-state index in [0.29, 0.717) is 0 Å². The van der Waals surface area contributed by atoms with Crippen LogP contribution in [0.3, 0.4) is 0 Å². The van der Waals surface area contributed by atoms with Crippen molar-refractivity contribution in [3.63, 3.8) is 0 Å². The molecule has 3 N–H and O–H groups in total. The first-order chi connectivity index (χ1) is 9.61. The zero-order chi connectivity index (χ0) is 14.1. The Morgan fingerprint density at radius 3 is 2.75 bits per heavy atom.